The molecule has 0 aromatic heterocycles. The molecule has 0 radical (unpaired) electrons. The summed E-state index contributed by atoms with van der Waals surface area (Å²) in [7, 11) is 0. The van der Waals surface area contributed by atoms with E-state index in [1.807, 2.05) is 0 Å². The van der Waals surface area contributed by atoms with E-state index in [1.54, 1.807) is 31.2 Å². The van der Waals surface area contributed by atoms with Crippen LogP contribution in [0.15, 0.2) is 42.5 Å². The van der Waals surface area contributed by atoms with Crippen LogP contribution in [-0.2, 0) is 19.9 Å². The molecule has 2 fully saturated rings. The van der Waals surface area contributed by atoms with E-state index in [9.17, 15) is 24.5 Å². The number of non-ortho nitro benzene ring substituents is 1. The van der Waals surface area contributed by atoms with Crippen LogP contribution >= 0.6 is 0 Å². The highest BCUT2D eigenvalue weighted by Gasteiger charge is 2.67. The number of rotatable bonds is 2. The number of fused-ring (bicyclic) bond motifs is 4. The molecule has 3 atom stereocenters. The highest BCUT2D eigenvalue weighted by Crippen LogP contribution is 2.51. The largest absolute Gasteiger partial charge is 0.324 e. The molecule has 1 spiro atoms. The molecule has 2 aromatic carbocycles. The molecule has 9 nitrogen and oxygen atoms in total. The normalized spacial score (nSPS) is 27.3. The SMILES string of the molecule is Cc1ccc([N+](=O)[O-])cc1N1C(=O)[C@@H]2CN[C@@]3(C(=O)Nc4ccccc43)[C@H]2C1=O. The van der Waals surface area contributed by atoms with Gasteiger partial charge in [0.1, 0.15) is 5.54 Å². The van der Waals surface area contributed by atoms with Crippen molar-refractivity contribution in [2.45, 2.75) is 12.5 Å². The van der Waals surface area contributed by atoms with E-state index >= 15 is 0 Å². The van der Waals surface area contributed by atoms with Gasteiger partial charge in [0, 0.05) is 29.9 Å². The second-order valence-electron chi connectivity index (χ2n) is 7.51. The van der Waals surface area contributed by atoms with Crippen LogP contribution in [0, 0.1) is 28.9 Å². The van der Waals surface area contributed by atoms with Crippen molar-refractivity contribution in [3.05, 3.63) is 63.7 Å². The van der Waals surface area contributed by atoms with Gasteiger partial charge in [0.15, 0.2) is 0 Å². The van der Waals surface area contributed by atoms with Gasteiger partial charge in [-0.15, -0.1) is 0 Å². The Morgan fingerprint density at radius 2 is 1.90 bits per heavy atom. The van der Waals surface area contributed by atoms with Gasteiger partial charge in [-0.3, -0.25) is 29.8 Å². The van der Waals surface area contributed by atoms with Crippen molar-refractivity contribution in [1.29, 1.82) is 0 Å². The van der Waals surface area contributed by atoms with Crippen molar-refractivity contribution >= 4 is 34.8 Å². The Balaban J connectivity index is 1.63. The minimum absolute atomic E-state index is 0.168. The zero-order chi connectivity index (χ0) is 20.5. The molecule has 2 aromatic rings. The number of nitrogens with zero attached hydrogens (tertiary/aromatic N) is 2. The van der Waals surface area contributed by atoms with E-state index in [-0.39, 0.29) is 23.8 Å². The standard InChI is InChI=1S/C20H16N4O5/c1-10-6-7-11(24(28)29)8-15(10)23-17(25)12-9-21-20(16(12)18(23)26)13-4-2-3-5-14(13)22-19(20)27/h2-8,12,16,21H,9H2,1H3,(H,22,27)/t12-,16-,20-/m1/s1. The van der Waals surface area contributed by atoms with Crippen LogP contribution in [0.3, 0.4) is 0 Å². The maximum Gasteiger partial charge on any atom is 0.271 e. The number of benzene rings is 2. The Kier molecular flexibility index (Phi) is 3.45. The summed E-state index contributed by atoms with van der Waals surface area (Å²) in [6.45, 7) is 1.85. The average molecular weight is 392 g/mol. The van der Waals surface area contributed by atoms with Gasteiger partial charge in [-0.25, -0.2) is 4.90 Å². The quantitative estimate of drug-likeness (QED) is 0.453. The van der Waals surface area contributed by atoms with E-state index in [0.29, 0.717) is 16.8 Å². The van der Waals surface area contributed by atoms with Gasteiger partial charge in [0.25, 0.3) is 5.69 Å². The van der Waals surface area contributed by atoms with Crippen LogP contribution in [0.4, 0.5) is 17.1 Å². The molecular weight excluding hydrogens is 376 g/mol. The van der Waals surface area contributed by atoms with Crippen LogP contribution in [0.5, 0.6) is 0 Å². The maximum absolute atomic E-state index is 13.5. The predicted octanol–water partition coefficient (Wildman–Crippen LogP) is 1.46. The van der Waals surface area contributed by atoms with E-state index in [0.717, 1.165) is 4.90 Å². The van der Waals surface area contributed by atoms with Crippen LogP contribution in [0.2, 0.25) is 0 Å². The second-order valence-corrected chi connectivity index (χ2v) is 7.51. The van der Waals surface area contributed by atoms with Crippen LogP contribution < -0.4 is 15.5 Å². The molecular formula is C20H16N4O5. The first-order valence-electron chi connectivity index (χ1n) is 9.15. The molecule has 29 heavy (non-hydrogen) atoms. The number of para-hydroxylation sites is 1. The molecule has 0 saturated carbocycles. The Bertz CT molecular complexity index is 1130. The maximum atomic E-state index is 13.5. The number of carbonyl (C=O) groups excluding carboxylic acids is 3. The smallest absolute Gasteiger partial charge is 0.271 e. The average Bonchev–Trinajstić information content (AvgIpc) is 3.30. The monoisotopic (exact) mass is 392 g/mol. The van der Waals surface area contributed by atoms with Gasteiger partial charge >= 0.3 is 0 Å². The molecule has 0 aliphatic carbocycles. The lowest BCUT2D eigenvalue weighted by atomic mass is 9.77. The topological polar surface area (TPSA) is 122 Å². The fourth-order valence-corrected chi connectivity index (χ4v) is 4.75. The summed E-state index contributed by atoms with van der Waals surface area (Å²) in [5.41, 5.74) is 0.463. The first-order chi connectivity index (χ1) is 13.9. The zero-order valence-electron chi connectivity index (χ0n) is 15.3. The minimum atomic E-state index is -1.32. The van der Waals surface area contributed by atoms with E-state index in [2.05, 4.69) is 10.6 Å². The van der Waals surface area contributed by atoms with Gasteiger partial charge in [-0.1, -0.05) is 24.3 Å². The number of hydrogen-bond donors (Lipinski definition) is 2. The molecule has 3 heterocycles. The molecule has 0 unspecified atom stereocenters. The summed E-state index contributed by atoms with van der Waals surface area (Å²) in [6.07, 6.45) is 0. The molecule has 3 amide bonds. The van der Waals surface area contributed by atoms with Crippen LogP contribution in [-0.4, -0.2) is 29.2 Å². The van der Waals surface area contributed by atoms with Gasteiger partial charge in [-0.2, -0.15) is 0 Å². The minimum Gasteiger partial charge on any atom is -0.324 e. The van der Waals surface area contributed by atoms with Gasteiger partial charge in [0.2, 0.25) is 17.7 Å². The number of nitro benzene ring substituents is 1. The van der Waals surface area contributed by atoms with E-state index in [4.69, 9.17) is 0 Å². The van der Waals surface area contributed by atoms with Gasteiger partial charge in [-0.05, 0) is 18.6 Å². The third-order valence-corrected chi connectivity index (χ3v) is 6.10. The first kappa shape index (κ1) is 17.5. The summed E-state index contributed by atoms with van der Waals surface area (Å²) in [4.78, 5) is 51.2. The van der Waals surface area contributed by atoms with Gasteiger partial charge in [0.05, 0.1) is 22.4 Å². The third-order valence-electron chi connectivity index (χ3n) is 6.10. The molecule has 3 aliphatic heterocycles. The lowest BCUT2D eigenvalue weighted by Gasteiger charge is -2.28. The summed E-state index contributed by atoms with van der Waals surface area (Å²) >= 11 is 0. The number of aryl methyl sites for hydroxylation is 1. The molecule has 146 valence electrons. The van der Waals surface area contributed by atoms with Crippen molar-refractivity contribution in [2.24, 2.45) is 11.8 Å². The Labute approximate surface area is 164 Å². The number of imide groups is 1. The number of nitrogens with one attached hydrogen (secondary N) is 2. The van der Waals surface area contributed by atoms with Crippen LogP contribution in [0.1, 0.15) is 11.1 Å². The Morgan fingerprint density at radius 1 is 1.14 bits per heavy atom. The fraction of sp³-hybridized carbons (Fsp3) is 0.250. The number of amides is 3. The molecule has 2 N–H and O–H groups in total. The summed E-state index contributed by atoms with van der Waals surface area (Å²) in [6, 6.07) is 11.1. The molecule has 2 saturated heterocycles. The van der Waals surface area contributed by atoms with Crippen molar-refractivity contribution < 1.29 is 19.3 Å². The number of nitro groups is 1. The molecule has 5 rings (SSSR count). The van der Waals surface area contributed by atoms with Gasteiger partial charge < -0.3 is 5.32 Å². The first-order valence-corrected chi connectivity index (χ1v) is 9.15. The fourth-order valence-electron chi connectivity index (χ4n) is 4.75. The highest BCUT2D eigenvalue weighted by molar-refractivity contribution is 6.26. The second kappa shape index (κ2) is 5.71. The summed E-state index contributed by atoms with van der Waals surface area (Å²) < 4.78 is 0. The van der Waals surface area contributed by atoms with Crippen molar-refractivity contribution in [3.8, 4) is 0 Å². The van der Waals surface area contributed by atoms with Crippen LogP contribution in [0.25, 0.3) is 0 Å². The van der Waals surface area contributed by atoms with Crippen molar-refractivity contribution in [2.75, 3.05) is 16.8 Å². The predicted molar refractivity (Wildman–Crippen MR) is 102 cm³/mol. The Hall–Kier alpha value is -3.59. The molecule has 9 heteroatoms. The zero-order valence-corrected chi connectivity index (χ0v) is 15.3. The van der Waals surface area contributed by atoms with E-state index < -0.39 is 34.1 Å². The molecule has 3 aliphatic rings. The summed E-state index contributed by atoms with van der Waals surface area (Å²) in [5, 5.41) is 17.1. The van der Waals surface area contributed by atoms with Crippen molar-refractivity contribution in [1.82, 2.24) is 5.32 Å². The van der Waals surface area contributed by atoms with E-state index in [1.165, 1.54) is 18.2 Å². The number of anilines is 2. The number of carbonyl (C=O) groups is 3. The molecule has 0 bridgehead atoms. The Morgan fingerprint density at radius 3 is 2.66 bits per heavy atom. The third kappa shape index (κ3) is 2.10. The summed E-state index contributed by atoms with van der Waals surface area (Å²) in [5.74, 6) is -2.99. The lowest BCUT2D eigenvalue weighted by Crippen LogP contribution is -2.51. The van der Waals surface area contributed by atoms with Crippen molar-refractivity contribution in [3.63, 3.8) is 0 Å². The highest BCUT2D eigenvalue weighted by atomic mass is 16.6. The lowest BCUT2D eigenvalue weighted by molar-refractivity contribution is -0.384. The number of hydrogen-bond acceptors (Lipinski definition) is 6.